The van der Waals surface area contributed by atoms with Crippen LogP contribution in [0.25, 0.3) is 0 Å². The van der Waals surface area contributed by atoms with Gasteiger partial charge in [0.25, 0.3) is 10.0 Å². The molecule has 96 valence electrons. The first-order chi connectivity index (χ1) is 7.98. The quantitative estimate of drug-likeness (QED) is 0.784. The Bertz CT molecular complexity index is 497. The van der Waals surface area contributed by atoms with Gasteiger partial charge in [-0.25, -0.2) is 8.42 Å². The van der Waals surface area contributed by atoms with E-state index in [1.807, 2.05) is 0 Å². The number of hydrogen-bond donors (Lipinski definition) is 0. The van der Waals surface area contributed by atoms with Crippen molar-refractivity contribution >= 4 is 37.6 Å². The topological polar surface area (TPSA) is 55.2 Å². The van der Waals surface area contributed by atoms with Crippen LogP contribution < -0.4 is 0 Å². The zero-order valence-corrected chi connectivity index (χ0v) is 12.5. The van der Waals surface area contributed by atoms with Gasteiger partial charge in [-0.1, -0.05) is 27.5 Å². The summed E-state index contributed by atoms with van der Waals surface area (Å²) in [6.45, 7) is 0.542. The third kappa shape index (κ3) is 2.25. The summed E-state index contributed by atoms with van der Waals surface area (Å²) in [6.07, 6.45) is 3.11. The molecule has 5 nitrogen and oxygen atoms in total. The Hall–Kier alpha value is -0.110. The van der Waals surface area contributed by atoms with Crippen LogP contribution in [0.15, 0.2) is 11.2 Å². The fraction of sp³-hybridized carbons (Fsp3) is 0.667. The van der Waals surface area contributed by atoms with Crippen molar-refractivity contribution in [3.05, 3.63) is 11.2 Å². The first-order valence-corrected chi connectivity index (χ1v) is 8.17. The third-order valence-electron chi connectivity index (χ3n) is 2.90. The number of aryl methyl sites for hydroxylation is 1. The van der Waals surface area contributed by atoms with Gasteiger partial charge in [-0.15, -0.1) is 0 Å². The molecule has 0 radical (unpaired) electrons. The SMILES string of the molecule is Cn1ncc(Cl)c1S(=O)(=O)N1CCCC1CBr. The van der Waals surface area contributed by atoms with Crippen molar-refractivity contribution in [1.82, 2.24) is 14.1 Å². The average Bonchev–Trinajstić information content (AvgIpc) is 2.85. The summed E-state index contributed by atoms with van der Waals surface area (Å²) in [6, 6.07) is 0.00552. The molecular formula is C9H13BrClN3O2S. The minimum Gasteiger partial charge on any atom is -0.255 e. The molecule has 1 aromatic heterocycles. The predicted octanol–water partition coefficient (Wildman–Crippen LogP) is 1.62. The van der Waals surface area contributed by atoms with Crippen LogP contribution in [0.2, 0.25) is 5.02 Å². The first kappa shape index (κ1) is 13.3. The molecule has 0 spiro atoms. The molecule has 1 fully saturated rings. The van der Waals surface area contributed by atoms with E-state index >= 15 is 0 Å². The van der Waals surface area contributed by atoms with E-state index in [4.69, 9.17) is 11.6 Å². The maximum Gasteiger partial charge on any atom is 0.262 e. The van der Waals surface area contributed by atoms with Gasteiger partial charge in [0, 0.05) is 25.0 Å². The second-order valence-corrected chi connectivity index (χ2v) is 6.85. The highest BCUT2D eigenvalue weighted by molar-refractivity contribution is 9.09. The molecule has 1 aromatic rings. The lowest BCUT2D eigenvalue weighted by atomic mass is 10.3. The van der Waals surface area contributed by atoms with E-state index in [2.05, 4.69) is 21.0 Å². The Balaban J connectivity index is 2.43. The van der Waals surface area contributed by atoms with E-state index in [0.717, 1.165) is 12.8 Å². The molecule has 0 aromatic carbocycles. The smallest absolute Gasteiger partial charge is 0.255 e. The lowest BCUT2D eigenvalue weighted by Crippen LogP contribution is -2.37. The number of aromatic nitrogens is 2. The van der Waals surface area contributed by atoms with Gasteiger partial charge in [0.15, 0.2) is 5.03 Å². The number of sulfonamides is 1. The number of rotatable bonds is 3. The second kappa shape index (κ2) is 4.87. The summed E-state index contributed by atoms with van der Waals surface area (Å²) in [4.78, 5) is 0. The molecule has 8 heteroatoms. The van der Waals surface area contributed by atoms with E-state index in [0.29, 0.717) is 11.9 Å². The highest BCUT2D eigenvalue weighted by Gasteiger charge is 2.37. The Labute approximate surface area is 114 Å². The summed E-state index contributed by atoms with van der Waals surface area (Å²) in [5, 5.41) is 4.76. The molecule has 2 rings (SSSR count). The zero-order valence-electron chi connectivity index (χ0n) is 9.31. The molecule has 1 saturated heterocycles. The Morgan fingerprint density at radius 2 is 2.35 bits per heavy atom. The molecule has 0 N–H and O–H groups in total. The minimum atomic E-state index is -3.55. The maximum atomic E-state index is 12.5. The van der Waals surface area contributed by atoms with Crippen molar-refractivity contribution in [1.29, 1.82) is 0 Å². The van der Waals surface area contributed by atoms with Crippen LogP contribution in [0.1, 0.15) is 12.8 Å². The number of alkyl halides is 1. The normalized spacial score (nSPS) is 22.2. The van der Waals surface area contributed by atoms with Crippen LogP contribution in [0.4, 0.5) is 0 Å². The minimum absolute atomic E-state index is 0.00552. The monoisotopic (exact) mass is 341 g/mol. The standard InChI is InChI=1S/C9H13BrClN3O2S/c1-13-9(8(11)6-12-13)17(15,16)14-4-2-3-7(14)5-10/h6-7H,2-5H2,1H3. The molecule has 0 saturated carbocycles. The van der Waals surface area contributed by atoms with Gasteiger partial charge in [-0.05, 0) is 12.8 Å². The molecule has 0 amide bonds. The molecule has 1 aliphatic heterocycles. The lowest BCUT2D eigenvalue weighted by Gasteiger charge is -2.22. The summed E-state index contributed by atoms with van der Waals surface area (Å²) in [5.74, 6) is 0. The van der Waals surface area contributed by atoms with Crippen molar-refractivity contribution < 1.29 is 8.42 Å². The third-order valence-corrected chi connectivity index (χ3v) is 6.10. The van der Waals surface area contributed by atoms with Gasteiger partial charge in [0.1, 0.15) is 0 Å². The highest BCUT2D eigenvalue weighted by Crippen LogP contribution is 2.30. The van der Waals surface area contributed by atoms with Crippen molar-refractivity contribution in [3.63, 3.8) is 0 Å². The number of hydrogen-bond acceptors (Lipinski definition) is 3. The molecule has 1 unspecified atom stereocenters. The molecular weight excluding hydrogens is 330 g/mol. The van der Waals surface area contributed by atoms with Gasteiger partial charge < -0.3 is 0 Å². The van der Waals surface area contributed by atoms with Crippen LogP contribution in [0.5, 0.6) is 0 Å². The van der Waals surface area contributed by atoms with Crippen molar-refractivity contribution in [2.75, 3.05) is 11.9 Å². The first-order valence-electron chi connectivity index (χ1n) is 5.23. The predicted molar refractivity (Wildman–Crippen MR) is 68.9 cm³/mol. The van der Waals surface area contributed by atoms with Crippen LogP contribution in [-0.2, 0) is 17.1 Å². The summed E-state index contributed by atoms with van der Waals surface area (Å²) in [5.41, 5.74) is 0. The fourth-order valence-electron chi connectivity index (χ4n) is 2.08. The summed E-state index contributed by atoms with van der Waals surface area (Å²) >= 11 is 9.25. The van der Waals surface area contributed by atoms with Gasteiger partial charge in [0.2, 0.25) is 0 Å². The van der Waals surface area contributed by atoms with Crippen LogP contribution >= 0.6 is 27.5 Å². The lowest BCUT2D eigenvalue weighted by molar-refractivity contribution is 0.408. The van der Waals surface area contributed by atoms with E-state index < -0.39 is 10.0 Å². The maximum absolute atomic E-state index is 12.5. The van der Waals surface area contributed by atoms with Gasteiger partial charge in [-0.2, -0.15) is 9.40 Å². The van der Waals surface area contributed by atoms with E-state index in [1.54, 1.807) is 7.05 Å². The van der Waals surface area contributed by atoms with Crippen molar-refractivity contribution in [3.8, 4) is 0 Å². The van der Waals surface area contributed by atoms with Crippen LogP contribution in [-0.4, -0.2) is 40.4 Å². The van der Waals surface area contributed by atoms with Crippen molar-refractivity contribution in [2.24, 2.45) is 7.05 Å². The highest BCUT2D eigenvalue weighted by atomic mass is 79.9. The number of halogens is 2. The van der Waals surface area contributed by atoms with Crippen LogP contribution in [0.3, 0.4) is 0 Å². The molecule has 17 heavy (non-hydrogen) atoms. The van der Waals surface area contributed by atoms with Crippen molar-refractivity contribution in [2.45, 2.75) is 23.9 Å². The van der Waals surface area contributed by atoms with Gasteiger partial charge in [0.05, 0.1) is 11.2 Å². The van der Waals surface area contributed by atoms with E-state index in [-0.39, 0.29) is 16.1 Å². The fourth-order valence-corrected chi connectivity index (χ4v) is 5.25. The van der Waals surface area contributed by atoms with Crippen LogP contribution in [0, 0.1) is 0 Å². The zero-order chi connectivity index (χ0) is 12.6. The van der Waals surface area contributed by atoms with E-state index in [1.165, 1.54) is 15.2 Å². The summed E-state index contributed by atoms with van der Waals surface area (Å²) < 4.78 is 27.7. The molecule has 1 atom stereocenters. The van der Waals surface area contributed by atoms with Gasteiger partial charge in [-0.3, -0.25) is 4.68 Å². The molecule has 1 aliphatic rings. The van der Waals surface area contributed by atoms with E-state index in [9.17, 15) is 8.42 Å². The number of nitrogens with zero attached hydrogens (tertiary/aromatic N) is 3. The summed E-state index contributed by atoms with van der Waals surface area (Å²) in [7, 11) is -1.96. The Kier molecular flexibility index (Phi) is 3.82. The molecule has 0 bridgehead atoms. The van der Waals surface area contributed by atoms with Gasteiger partial charge >= 0.3 is 0 Å². The second-order valence-electron chi connectivity index (χ2n) is 3.99. The molecule has 0 aliphatic carbocycles. The molecule has 2 heterocycles. The Morgan fingerprint density at radius 1 is 1.65 bits per heavy atom. The average molecular weight is 343 g/mol. The Morgan fingerprint density at radius 3 is 2.88 bits per heavy atom. The largest absolute Gasteiger partial charge is 0.262 e.